The van der Waals surface area contributed by atoms with Crippen LogP contribution in [0.1, 0.15) is 45.6 Å². The van der Waals surface area contributed by atoms with Crippen molar-refractivity contribution in [1.29, 1.82) is 0 Å². The average Bonchev–Trinajstić information content (AvgIpc) is 2.70. The second kappa shape index (κ2) is 10.7. The van der Waals surface area contributed by atoms with Crippen LogP contribution in [0.4, 0.5) is 5.69 Å². The fraction of sp³-hybridized carbons (Fsp3) is 0.458. The molecule has 170 valence electrons. The van der Waals surface area contributed by atoms with Gasteiger partial charge in [0.25, 0.3) is 0 Å². The third kappa shape index (κ3) is 7.28. The maximum atomic E-state index is 12.5. The summed E-state index contributed by atoms with van der Waals surface area (Å²) in [7, 11) is -2.00. The number of carbonyl (C=O) groups excluding carboxylic acids is 1. The number of para-hydroxylation sites is 2. The van der Waals surface area contributed by atoms with Gasteiger partial charge in [-0.3, -0.25) is 9.10 Å². The highest BCUT2D eigenvalue weighted by Crippen LogP contribution is 2.30. The molecule has 2 rings (SSSR count). The van der Waals surface area contributed by atoms with E-state index in [1.807, 2.05) is 25.1 Å². The summed E-state index contributed by atoms with van der Waals surface area (Å²) in [5.74, 6) is 0.402. The average molecular weight is 447 g/mol. The first kappa shape index (κ1) is 24.7. The predicted octanol–water partition coefficient (Wildman–Crippen LogP) is 4.11. The van der Waals surface area contributed by atoms with Crippen LogP contribution in [0.15, 0.2) is 54.6 Å². The normalized spacial score (nSPS) is 12.8. The molecule has 0 aliphatic heterocycles. The number of methoxy groups -OCH3 is 1. The molecule has 1 atom stereocenters. The van der Waals surface area contributed by atoms with Crippen LogP contribution in [0.3, 0.4) is 0 Å². The number of hydrogen-bond donors (Lipinski definition) is 1. The fourth-order valence-electron chi connectivity index (χ4n) is 3.85. The molecule has 2 aromatic rings. The Morgan fingerprint density at radius 2 is 1.71 bits per heavy atom. The van der Waals surface area contributed by atoms with Gasteiger partial charge in [0.1, 0.15) is 5.75 Å². The number of ether oxygens (including phenoxy) is 1. The van der Waals surface area contributed by atoms with Crippen molar-refractivity contribution in [2.75, 3.05) is 24.2 Å². The Bertz CT molecular complexity index is 959. The van der Waals surface area contributed by atoms with Gasteiger partial charge in [-0.1, -0.05) is 56.3 Å². The number of nitrogens with zero attached hydrogens (tertiary/aromatic N) is 1. The minimum atomic E-state index is -3.50. The van der Waals surface area contributed by atoms with E-state index >= 15 is 0 Å². The van der Waals surface area contributed by atoms with Gasteiger partial charge in [-0.15, -0.1) is 0 Å². The molecule has 0 aliphatic carbocycles. The van der Waals surface area contributed by atoms with Crippen LogP contribution in [-0.4, -0.2) is 40.3 Å². The van der Waals surface area contributed by atoms with Crippen LogP contribution < -0.4 is 14.4 Å². The lowest BCUT2D eigenvalue weighted by Gasteiger charge is -2.29. The standard InChI is InChI=1S/C24H34N2O4S/c1-19(18-24(2,3)20-12-7-6-8-13-20)25-23(27)16-11-17-26(31(5,28)29)21-14-9-10-15-22(21)30-4/h6-10,12-15,19H,11,16-18H2,1-5H3,(H,25,27)/t19-/m0/s1. The van der Waals surface area contributed by atoms with Gasteiger partial charge in [-0.05, 0) is 42.9 Å². The Morgan fingerprint density at radius 1 is 1.10 bits per heavy atom. The lowest BCUT2D eigenvalue weighted by molar-refractivity contribution is -0.121. The first-order chi connectivity index (χ1) is 14.5. The van der Waals surface area contributed by atoms with Crippen molar-refractivity contribution in [3.8, 4) is 5.75 Å². The summed E-state index contributed by atoms with van der Waals surface area (Å²) in [5.41, 5.74) is 1.65. The van der Waals surface area contributed by atoms with Gasteiger partial charge in [-0.25, -0.2) is 8.42 Å². The van der Waals surface area contributed by atoms with Crippen LogP contribution in [0.2, 0.25) is 0 Å². The van der Waals surface area contributed by atoms with E-state index < -0.39 is 10.0 Å². The zero-order valence-corrected chi connectivity index (χ0v) is 19.9. The van der Waals surface area contributed by atoms with Crippen molar-refractivity contribution < 1.29 is 17.9 Å². The minimum Gasteiger partial charge on any atom is -0.495 e. The molecule has 0 bridgehead atoms. The molecule has 0 spiro atoms. The third-order valence-electron chi connectivity index (χ3n) is 5.30. The second-order valence-electron chi connectivity index (χ2n) is 8.53. The van der Waals surface area contributed by atoms with Crippen molar-refractivity contribution in [1.82, 2.24) is 5.32 Å². The van der Waals surface area contributed by atoms with Gasteiger partial charge in [-0.2, -0.15) is 0 Å². The summed E-state index contributed by atoms with van der Waals surface area (Å²) in [6, 6.07) is 17.2. The van der Waals surface area contributed by atoms with Crippen LogP contribution in [0.25, 0.3) is 0 Å². The molecule has 31 heavy (non-hydrogen) atoms. The van der Waals surface area contributed by atoms with Crippen molar-refractivity contribution in [2.45, 2.75) is 51.5 Å². The number of carbonyl (C=O) groups is 1. The number of anilines is 1. The van der Waals surface area contributed by atoms with Crippen LogP contribution in [0, 0.1) is 0 Å². The monoisotopic (exact) mass is 446 g/mol. The van der Waals surface area contributed by atoms with Gasteiger partial charge in [0, 0.05) is 19.0 Å². The summed E-state index contributed by atoms with van der Waals surface area (Å²) in [5, 5.41) is 3.05. The Labute approximate surface area is 186 Å². The molecule has 0 aromatic heterocycles. The SMILES string of the molecule is COc1ccccc1N(CCCC(=O)N[C@@H](C)CC(C)(C)c1ccccc1)S(C)(=O)=O. The van der Waals surface area contributed by atoms with E-state index in [2.05, 4.69) is 31.3 Å². The molecular weight excluding hydrogens is 412 g/mol. The summed E-state index contributed by atoms with van der Waals surface area (Å²) < 4.78 is 31.2. The molecule has 0 radical (unpaired) electrons. The number of hydrogen-bond acceptors (Lipinski definition) is 4. The quantitative estimate of drug-likeness (QED) is 0.564. The number of sulfonamides is 1. The van der Waals surface area contributed by atoms with E-state index in [0.29, 0.717) is 17.9 Å². The molecule has 1 amide bonds. The zero-order valence-electron chi connectivity index (χ0n) is 19.1. The van der Waals surface area contributed by atoms with Gasteiger partial charge in [0.05, 0.1) is 19.1 Å². The van der Waals surface area contributed by atoms with E-state index in [0.717, 1.165) is 12.7 Å². The van der Waals surface area contributed by atoms with E-state index in [9.17, 15) is 13.2 Å². The van der Waals surface area contributed by atoms with E-state index in [1.165, 1.54) is 17.0 Å². The molecule has 0 fully saturated rings. The topological polar surface area (TPSA) is 75.7 Å². The van der Waals surface area contributed by atoms with Gasteiger partial charge in [0.2, 0.25) is 15.9 Å². The molecule has 0 heterocycles. The molecular formula is C24H34N2O4S. The van der Waals surface area contributed by atoms with Crippen molar-refractivity contribution >= 4 is 21.6 Å². The maximum Gasteiger partial charge on any atom is 0.232 e. The summed E-state index contributed by atoms with van der Waals surface area (Å²) in [4.78, 5) is 12.5. The Morgan fingerprint density at radius 3 is 2.32 bits per heavy atom. The van der Waals surface area contributed by atoms with E-state index in [1.54, 1.807) is 24.3 Å². The molecule has 2 aromatic carbocycles. The minimum absolute atomic E-state index is 0.00272. The molecule has 0 saturated carbocycles. The lowest BCUT2D eigenvalue weighted by atomic mass is 9.79. The number of rotatable bonds is 11. The maximum absolute atomic E-state index is 12.5. The van der Waals surface area contributed by atoms with Crippen LogP contribution in [0.5, 0.6) is 5.75 Å². The molecule has 7 heteroatoms. The highest BCUT2D eigenvalue weighted by Gasteiger charge is 2.24. The van der Waals surface area contributed by atoms with Crippen molar-refractivity contribution in [2.24, 2.45) is 0 Å². The Hall–Kier alpha value is -2.54. The highest BCUT2D eigenvalue weighted by molar-refractivity contribution is 7.92. The summed E-state index contributed by atoms with van der Waals surface area (Å²) in [6.07, 6.45) is 2.62. The smallest absolute Gasteiger partial charge is 0.232 e. The van der Waals surface area contributed by atoms with Gasteiger partial charge in [0.15, 0.2) is 0 Å². The van der Waals surface area contributed by atoms with E-state index in [4.69, 9.17) is 4.74 Å². The van der Waals surface area contributed by atoms with Gasteiger partial charge >= 0.3 is 0 Å². The molecule has 0 saturated heterocycles. The van der Waals surface area contributed by atoms with Gasteiger partial charge < -0.3 is 10.1 Å². The first-order valence-corrected chi connectivity index (χ1v) is 12.3. The number of amides is 1. The third-order valence-corrected chi connectivity index (χ3v) is 6.48. The molecule has 0 aliphatic rings. The van der Waals surface area contributed by atoms with E-state index in [-0.39, 0.29) is 30.3 Å². The fourth-order valence-corrected chi connectivity index (χ4v) is 4.82. The lowest BCUT2D eigenvalue weighted by Crippen LogP contribution is -2.38. The zero-order chi connectivity index (χ0) is 23.1. The second-order valence-corrected chi connectivity index (χ2v) is 10.4. The van der Waals surface area contributed by atoms with Crippen molar-refractivity contribution in [3.63, 3.8) is 0 Å². The number of nitrogens with one attached hydrogen (secondary N) is 1. The molecule has 6 nitrogen and oxygen atoms in total. The summed E-state index contributed by atoms with van der Waals surface area (Å²) >= 11 is 0. The highest BCUT2D eigenvalue weighted by atomic mass is 32.2. The van der Waals surface area contributed by atoms with Crippen LogP contribution >= 0.6 is 0 Å². The van der Waals surface area contributed by atoms with Crippen LogP contribution in [-0.2, 0) is 20.2 Å². The molecule has 1 N–H and O–H groups in total. The largest absolute Gasteiger partial charge is 0.495 e. The predicted molar refractivity (Wildman–Crippen MR) is 126 cm³/mol. The first-order valence-electron chi connectivity index (χ1n) is 10.5. The van der Waals surface area contributed by atoms with Crippen molar-refractivity contribution in [3.05, 3.63) is 60.2 Å². The Balaban J connectivity index is 1.92. The Kier molecular flexibility index (Phi) is 8.51. The number of benzene rings is 2. The summed E-state index contributed by atoms with van der Waals surface area (Å²) in [6.45, 7) is 6.54. The molecule has 0 unspecified atom stereocenters.